The maximum atomic E-state index is 13.1. The van der Waals surface area contributed by atoms with Gasteiger partial charge in [-0.3, -0.25) is 4.79 Å². The van der Waals surface area contributed by atoms with Crippen molar-refractivity contribution < 1.29 is 23.8 Å². The Balaban J connectivity index is 1.47. The van der Waals surface area contributed by atoms with Crippen LogP contribution in [-0.2, 0) is 6.54 Å². The number of halogens is 1. The summed E-state index contributed by atoms with van der Waals surface area (Å²) >= 11 is 5.89. The van der Waals surface area contributed by atoms with Gasteiger partial charge in [-0.05, 0) is 74.5 Å². The molecule has 0 N–H and O–H groups in total. The third-order valence-corrected chi connectivity index (χ3v) is 6.32. The van der Waals surface area contributed by atoms with Crippen LogP contribution < -0.4 is 14.2 Å². The molecule has 7 heteroatoms. The Labute approximate surface area is 207 Å². The van der Waals surface area contributed by atoms with Gasteiger partial charge in [-0.15, -0.1) is 0 Å². The number of carbonyl (C=O) groups excluding carboxylic acids is 2. The molecular formula is C28H22ClNO5. The van der Waals surface area contributed by atoms with E-state index < -0.39 is 5.97 Å². The lowest BCUT2D eigenvalue weighted by molar-refractivity contribution is 0.0733. The van der Waals surface area contributed by atoms with Crippen LogP contribution in [0.2, 0.25) is 5.02 Å². The van der Waals surface area contributed by atoms with Gasteiger partial charge in [0.25, 0.3) is 0 Å². The van der Waals surface area contributed by atoms with E-state index in [0.29, 0.717) is 33.2 Å². The Morgan fingerprint density at radius 3 is 2.60 bits per heavy atom. The molecule has 5 rings (SSSR count). The molecule has 0 unspecified atom stereocenters. The SMILES string of the molecule is CCn1cc(/C=C2/Oc3c(ccc(OC(=O)c4ccc(Cl)cc4)c3C)C2=O)c2cc(OC)ccc21. The number of hydrogen-bond donors (Lipinski definition) is 0. The third-order valence-electron chi connectivity index (χ3n) is 6.07. The largest absolute Gasteiger partial charge is 0.497 e. The number of rotatable bonds is 5. The lowest BCUT2D eigenvalue weighted by Gasteiger charge is -2.10. The fraction of sp³-hybridized carbons (Fsp3) is 0.143. The molecule has 0 spiro atoms. The van der Waals surface area contributed by atoms with Crippen LogP contribution in [0.4, 0.5) is 0 Å². The molecule has 2 heterocycles. The van der Waals surface area contributed by atoms with Crippen molar-refractivity contribution in [2.24, 2.45) is 0 Å². The zero-order chi connectivity index (χ0) is 24.7. The Morgan fingerprint density at radius 2 is 1.89 bits per heavy atom. The molecule has 0 bridgehead atoms. The highest BCUT2D eigenvalue weighted by Crippen LogP contribution is 2.40. The molecule has 6 nitrogen and oxygen atoms in total. The summed E-state index contributed by atoms with van der Waals surface area (Å²) in [5.41, 5.74) is 3.25. The topological polar surface area (TPSA) is 66.8 Å². The zero-order valence-electron chi connectivity index (χ0n) is 19.4. The van der Waals surface area contributed by atoms with Crippen molar-refractivity contribution >= 4 is 40.3 Å². The first-order valence-corrected chi connectivity index (χ1v) is 11.5. The normalized spacial score (nSPS) is 13.7. The van der Waals surface area contributed by atoms with Crippen LogP contribution >= 0.6 is 11.6 Å². The van der Waals surface area contributed by atoms with Crippen LogP contribution in [0.25, 0.3) is 17.0 Å². The first-order chi connectivity index (χ1) is 16.9. The van der Waals surface area contributed by atoms with E-state index in [1.54, 1.807) is 56.5 Å². The molecule has 35 heavy (non-hydrogen) atoms. The Morgan fingerprint density at radius 1 is 1.11 bits per heavy atom. The van der Waals surface area contributed by atoms with Crippen LogP contribution in [0.15, 0.2) is 66.6 Å². The maximum absolute atomic E-state index is 13.1. The van der Waals surface area contributed by atoms with Gasteiger partial charge in [-0.1, -0.05) is 11.6 Å². The monoisotopic (exact) mass is 487 g/mol. The van der Waals surface area contributed by atoms with Crippen molar-refractivity contribution in [1.82, 2.24) is 4.57 Å². The van der Waals surface area contributed by atoms with Gasteiger partial charge in [0.15, 0.2) is 5.76 Å². The lowest BCUT2D eigenvalue weighted by Crippen LogP contribution is -2.09. The van der Waals surface area contributed by atoms with E-state index in [0.717, 1.165) is 28.8 Å². The van der Waals surface area contributed by atoms with Crippen molar-refractivity contribution in [3.05, 3.63) is 93.8 Å². The highest BCUT2D eigenvalue weighted by molar-refractivity contribution is 6.30. The van der Waals surface area contributed by atoms with E-state index in [-0.39, 0.29) is 11.5 Å². The minimum atomic E-state index is -0.522. The van der Waals surface area contributed by atoms with E-state index >= 15 is 0 Å². The summed E-state index contributed by atoms with van der Waals surface area (Å²) in [7, 11) is 1.62. The third kappa shape index (κ3) is 4.06. The first kappa shape index (κ1) is 22.7. The van der Waals surface area contributed by atoms with E-state index in [9.17, 15) is 9.59 Å². The first-order valence-electron chi connectivity index (χ1n) is 11.1. The molecule has 0 amide bonds. The number of ketones is 1. The average molecular weight is 488 g/mol. The predicted octanol–water partition coefficient (Wildman–Crippen LogP) is 6.47. The summed E-state index contributed by atoms with van der Waals surface area (Å²) < 4.78 is 19.1. The molecule has 0 radical (unpaired) electrons. The lowest BCUT2D eigenvalue weighted by atomic mass is 10.1. The molecule has 1 aromatic heterocycles. The van der Waals surface area contributed by atoms with Crippen molar-refractivity contribution in [2.45, 2.75) is 20.4 Å². The van der Waals surface area contributed by atoms with Gasteiger partial charge < -0.3 is 18.8 Å². The fourth-order valence-electron chi connectivity index (χ4n) is 4.17. The summed E-state index contributed by atoms with van der Waals surface area (Å²) in [6.07, 6.45) is 3.73. The molecule has 0 aliphatic carbocycles. The summed E-state index contributed by atoms with van der Waals surface area (Å²) in [5.74, 6) is 0.910. The van der Waals surface area contributed by atoms with Gasteiger partial charge in [0, 0.05) is 39.8 Å². The molecule has 0 atom stereocenters. The standard InChI is InChI=1S/C28H22ClNO5/c1-4-30-15-18(22-14-20(33-3)9-11-23(22)30)13-25-26(31)21-10-12-24(16(2)27(21)34-25)35-28(32)17-5-7-19(29)8-6-17/h5-15H,4H2,1-3H3/b25-13+. The van der Waals surface area contributed by atoms with Crippen molar-refractivity contribution in [1.29, 1.82) is 0 Å². The van der Waals surface area contributed by atoms with Crippen molar-refractivity contribution in [3.63, 3.8) is 0 Å². The van der Waals surface area contributed by atoms with Gasteiger partial charge in [-0.2, -0.15) is 0 Å². The maximum Gasteiger partial charge on any atom is 0.343 e. The summed E-state index contributed by atoms with van der Waals surface area (Å²) in [5, 5.41) is 1.49. The van der Waals surface area contributed by atoms with Gasteiger partial charge in [0.2, 0.25) is 5.78 Å². The van der Waals surface area contributed by atoms with Gasteiger partial charge in [0.1, 0.15) is 17.2 Å². The number of aryl methyl sites for hydroxylation is 1. The number of benzene rings is 3. The Kier molecular flexibility index (Phi) is 5.83. The number of nitrogens with zero attached hydrogens (tertiary/aromatic N) is 1. The minimum absolute atomic E-state index is 0.210. The quantitative estimate of drug-likeness (QED) is 0.183. The summed E-state index contributed by atoms with van der Waals surface area (Å²) in [6.45, 7) is 4.60. The minimum Gasteiger partial charge on any atom is -0.497 e. The average Bonchev–Trinajstić information content (AvgIpc) is 3.38. The predicted molar refractivity (Wildman–Crippen MR) is 135 cm³/mol. The van der Waals surface area contributed by atoms with E-state index in [4.69, 9.17) is 25.8 Å². The second-order valence-corrected chi connectivity index (χ2v) is 8.59. The molecule has 4 aromatic rings. The van der Waals surface area contributed by atoms with Crippen LogP contribution in [0, 0.1) is 6.92 Å². The van der Waals surface area contributed by atoms with Crippen molar-refractivity contribution in [2.75, 3.05) is 7.11 Å². The van der Waals surface area contributed by atoms with Crippen LogP contribution in [0.1, 0.15) is 38.8 Å². The molecule has 1 aliphatic rings. The van der Waals surface area contributed by atoms with Gasteiger partial charge in [-0.25, -0.2) is 4.79 Å². The Hall–Kier alpha value is -4.03. The van der Waals surface area contributed by atoms with Crippen LogP contribution in [-0.4, -0.2) is 23.4 Å². The summed E-state index contributed by atoms with van der Waals surface area (Å²) in [6, 6.07) is 15.5. The summed E-state index contributed by atoms with van der Waals surface area (Å²) in [4.78, 5) is 25.7. The fourth-order valence-corrected chi connectivity index (χ4v) is 4.30. The number of esters is 1. The van der Waals surface area contributed by atoms with Gasteiger partial charge >= 0.3 is 5.97 Å². The number of carbonyl (C=O) groups is 2. The molecule has 0 saturated heterocycles. The zero-order valence-corrected chi connectivity index (χ0v) is 20.2. The molecule has 0 saturated carbocycles. The second-order valence-electron chi connectivity index (χ2n) is 8.16. The number of Topliss-reactive ketones (excluding diaryl/α,β-unsaturated/α-hetero) is 1. The Bertz CT molecular complexity index is 1510. The van der Waals surface area contributed by atoms with Crippen LogP contribution in [0.5, 0.6) is 17.2 Å². The van der Waals surface area contributed by atoms with Crippen molar-refractivity contribution in [3.8, 4) is 17.2 Å². The number of hydrogen-bond acceptors (Lipinski definition) is 5. The number of aromatic nitrogens is 1. The van der Waals surface area contributed by atoms with E-state index in [1.165, 1.54) is 0 Å². The highest BCUT2D eigenvalue weighted by atomic mass is 35.5. The molecule has 0 fully saturated rings. The highest BCUT2D eigenvalue weighted by Gasteiger charge is 2.31. The molecule has 1 aliphatic heterocycles. The molecular weight excluding hydrogens is 466 g/mol. The number of ether oxygens (including phenoxy) is 3. The second kappa shape index (κ2) is 8.96. The number of allylic oxidation sites excluding steroid dienone is 1. The molecule has 176 valence electrons. The van der Waals surface area contributed by atoms with Crippen LogP contribution in [0.3, 0.4) is 0 Å². The number of fused-ring (bicyclic) bond motifs is 2. The smallest absolute Gasteiger partial charge is 0.343 e. The van der Waals surface area contributed by atoms with E-state index in [1.807, 2.05) is 24.4 Å². The number of methoxy groups -OCH3 is 1. The molecule has 3 aromatic carbocycles. The van der Waals surface area contributed by atoms with Gasteiger partial charge in [0.05, 0.1) is 18.2 Å². The van der Waals surface area contributed by atoms with E-state index in [2.05, 4.69) is 11.5 Å².